The Morgan fingerprint density at radius 2 is 2.17 bits per heavy atom. The highest BCUT2D eigenvalue weighted by Gasteiger charge is 2.38. The molecular formula is C10H18N2. The van der Waals surface area contributed by atoms with E-state index in [2.05, 4.69) is 18.3 Å². The third-order valence-corrected chi connectivity index (χ3v) is 3.25. The number of nitrogens with two attached hydrogens (primary N) is 1. The molecule has 0 amide bonds. The number of nitrogens with one attached hydrogen (secondary N) is 1. The van der Waals surface area contributed by atoms with Crippen molar-refractivity contribution in [3.05, 3.63) is 0 Å². The predicted octanol–water partition coefficient (Wildman–Crippen LogP) is 1.42. The molecule has 0 spiro atoms. The van der Waals surface area contributed by atoms with Crippen LogP contribution in [-0.2, 0) is 0 Å². The van der Waals surface area contributed by atoms with E-state index in [0.29, 0.717) is 0 Å². The van der Waals surface area contributed by atoms with Gasteiger partial charge in [0.15, 0.2) is 0 Å². The van der Waals surface area contributed by atoms with Gasteiger partial charge in [0.05, 0.1) is 6.04 Å². The number of terminal acetylenes is 1. The van der Waals surface area contributed by atoms with Crippen molar-refractivity contribution in [2.75, 3.05) is 0 Å². The maximum atomic E-state index is 5.43. The molecule has 1 aliphatic carbocycles. The van der Waals surface area contributed by atoms with Crippen molar-refractivity contribution in [2.45, 2.75) is 45.1 Å². The van der Waals surface area contributed by atoms with E-state index in [1.807, 2.05) is 0 Å². The van der Waals surface area contributed by atoms with Gasteiger partial charge in [-0.15, -0.1) is 6.42 Å². The summed E-state index contributed by atoms with van der Waals surface area (Å²) in [4.78, 5) is 0. The molecule has 0 heterocycles. The van der Waals surface area contributed by atoms with Crippen LogP contribution in [0, 0.1) is 17.8 Å². The first-order chi connectivity index (χ1) is 5.79. The maximum absolute atomic E-state index is 5.43. The molecule has 0 radical (unpaired) electrons. The summed E-state index contributed by atoms with van der Waals surface area (Å²) in [6.45, 7) is 2.20. The Morgan fingerprint density at radius 3 is 2.50 bits per heavy atom. The van der Waals surface area contributed by atoms with E-state index in [0.717, 1.165) is 6.42 Å². The fourth-order valence-corrected chi connectivity index (χ4v) is 2.33. The molecule has 0 aliphatic heterocycles. The molecule has 2 nitrogen and oxygen atoms in total. The standard InChI is InChI=1S/C10H18N2/c1-3-9(12-11)10(4-2)7-5-6-8-10/h1,9,12H,4-8,11H2,2H3. The van der Waals surface area contributed by atoms with Gasteiger partial charge in [0.1, 0.15) is 0 Å². The Hall–Kier alpha value is -0.520. The lowest BCUT2D eigenvalue weighted by molar-refractivity contribution is 0.227. The van der Waals surface area contributed by atoms with Gasteiger partial charge in [0.25, 0.3) is 0 Å². The van der Waals surface area contributed by atoms with Crippen molar-refractivity contribution < 1.29 is 0 Å². The SMILES string of the molecule is C#CC(NN)C1(CC)CCCC1. The first kappa shape index (κ1) is 9.57. The second kappa shape index (κ2) is 3.93. The molecule has 1 saturated carbocycles. The summed E-state index contributed by atoms with van der Waals surface area (Å²) >= 11 is 0. The van der Waals surface area contributed by atoms with Crippen LogP contribution in [0.1, 0.15) is 39.0 Å². The van der Waals surface area contributed by atoms with E-state index < -0.39 is 0 Å². The summed E-state index contributed by atoms with van der Waals surface area (Å²) in [5.74, 6) is 8.18. The summed E-state index contributed by atoms with van der Waals surface area (Å²) in [5, 5.41) is 0. The lowest BCUT2D eigenvalue weighted by atomic mass is 9.77. The van der Waals surface area contributed by atoms with Gasteiger partial charge in [-0.3, -0.25) is 5.84 Å². The molecule has 2 heteroatoms. The monoisotopic (exact) mass is 166 g/mol. The number of hydrogen-bond acceptors (Lipinski definition) is 2. The van der Waals surface area contributed by atoms with Crippen LogP contribution in [0.4, 0.5) is 0 Å². The van der Waals surface area contributed by atoms with Crippen molar-refractivity contribution in [1.29, 1.82) is 0 Å². The van der Waals surface area contributed by atoms with E-state index in [1.54, 1.807) is 0 Å². The number of rotatable bonds is 3. The zero-order chi connectivity index (χ0) is 9.03. The predicted molar refractivity (Wildman–Crippen MR) is 51.1 cm³/mol. The van der Waals surface area contributed by atoms with Crippen molar-refractivity contribution in [3.63, 3.8) is 0 Å². The van der Waals surface area contributed by atoms with E-state index in [9.17, 15) is 0 Å². The van der Waals surface area contributed by atoms with Crippen LogP contribution < -0.4 is 11.3 Å². The summed E-state index contributed by atoms with van der Waals surface area (Å²) in [5.41, 5.74) is 3.03. The van der Waals surface area contributed by atoms with Gasteiger partial charge in [-0.2, -0.15) is 0 Å². The van der Waals surface area contributed by atoms with Crippen LogP contribution >= 0.6 is 0 Å². The Morgan fingerprint density at radius 1 is 1.58 bits per heavy atom. The van der Waals surface area contributed by atoms with Gasteiger partial charge in [-0.25, -0.2) is 5.43 Å². The minimum Gasteiger partial charge on any atom is -0.270 e. The van der Waals surface area contributed by atoms with Crippen molar-refractivity contribution >= 4 is 0 Å². The first-order valence-electron chi connectivity index (χ1n) is 4.71. The fourth-order valence-electron chi connectivity index (χ4n) is 2.33. The van der Waals surface area contributed by atoms with Gasteiger partial charge in [0, 0.05) is 0 Å². The summed E-state index contributed by atoms with van der Waals surface area (Å²) < 4.78 is 0. The summed E-state index contributed by atoms with van der Waals surface area (Å²) in [6.07, 6.45) is 11.6. The summed E-state index contributed by atoms with van der Waals surface area (Å²) in [7, 11) is 0. The third-order valence-electron chi connectivity index (χ3n) is 3.25. The van der Waals surface area contributed by atoms with Crippen LogP contribution in [0.3, 0.4) is 0 Å². The van der Waals surface area contributed by atoms with Crippen LogP contribution in [-0.4, -0.2) is 6.04 Å². The minimum atomic E-state index is 0.0602. The normalized spacial score (nSPS) is 23.4. The molecule has 0 aromatic rings. The molecule has 1 rings (SSSR count). The molecular weight excluding hydrogens is 148 g/mol. The second-order valence-electron chi connectivity index (χ2n) is 3.69. The molecule has 0 saturated heterocycles. The molecule has 1 fully saturated rings. The van der Waals surface area contributed by atoms with Gasteiger partial charge in [-0.05, 0) is 24.7 Å². The average Bonchev–Trinajstić information content (AvgIpc) is 2.56. The Kier molecular flexibility index (Phi) is 3.13. The first-order valence-corrected chi connectivity index (χ1v) is 4.71. The van der Waals surface area contributed by atoms with Crippen LogP contribution in [0.15, 0.2) is 0 Å². The van der Waals surface area contributed by atoms with Crippen LogP contribution in [0.2, 0.25) is 0 Å². The van der Waals surface area contributed by atoms with Gasteiger partial charge < -0.3 is 0 Å². The largest absolute Gasteiger partial charge is 0.270 e. The van der Waals surface area contributed by atoms with E-state index in [1.165, 1.54) is 25.7 Å². The second-order valence-corrected chi connectivity index (χ2v) is 3.69. The van der Waals surface area contributed by atoms with Gasteiger partial charge >= 0.3 is 0 Å². The van der Waals surface area contributed by atoms with Crippen LogP contribution in [0.5, 0.6) is 0 Å². The van der Waals surface area contributed by atoms with E-state index in [-0.39, 0.29) is 11.5 Å². The number of hydrazine groups is 1. The quantitative estimate of drug-likeness (QED) is 0.378. The Bertz CT molecular complexity index is 175. The van der Waals surface area contributed by atoms with Gasteiger partial charge in [0.2, 0.25) is 0 Å². The van der Waals surface area contributed by atoms with Gasteiger partial charge in [-0.1, -0.05) is 25.7 Å². The van der Waals surface area contributed by atoms with Crippen molar-refractivity contribution in [2.24, 2.45) is 11.3 Å². The summed E-state index contributed by atoms with van der Waals surface area (Å²) in [6, 6.07) is 0.0602. The topological polar surface area (TPSA) is 38.0 Å². The lowest BCUT2D eigenvalue weighted by Gasteiger charge is -2.32. The minimum absolute atomic E-state index is 0.0602. The zero-order valence-electron chi connectivity index (χ0n) is 7.77. The molecule has 12 heavy (non-hydrogen) atoms. The third kappa shape index (κ3) is 1.48. The highest BCUT2D eigenvalue weighted by atomic mass is 15.2. The van der Waals surface area contributed by atoms with Crippen molar-refractivity contribution in [3.8, 4) is 12.3 Å². The highest BCUT2D eigenvalue weighted by Crippen LogP contribution is 2.43. The lowest BCUT2D eigenvalue weighted by Crippen LogP contribution is -2.46. The van der Waals surface area contributed by atoms with E-state index in [4.69, 9.17) is 12.3 Å². The van der Waals surface area contributed by atoms with Crippen molar-refractivity contribution in [1.82, 2.24) is 5.43 Å². The Labute approximate surface area is 74.9 Å². The van der Waals surface area contributed by atoms with Crippen LogP contribution in [0.25, 0.3) is 0 Å². The molecule has 1 atom stereocenters. The molecule has 1 unspecified atom stereocenters. The number of hydrogen-bond donors (Lipinski definition) is 2. The Balaban J connectivity index is 2.71. The molecule has 1 aliphatic rings. The molecule has 0 bridgehead atoms. The average molecular weight is 166 g/mol. The zero-order valence-corrected chi connectivity index (χ0v) is 7.77. The smallest absolute Gasteiger partial charge is 0.0870 e. The molecule has 68 valence electrons. The molecule has 0 aromatic heterocycles. The highest BCUT2D eigenvalue weighted by molar-refractivity contribution is 5.09. The maximum Gasteiger partial charge on any atom is 0.0870 e. The van der Waals surface area contributed by atoms with E-state index >= 15 is 0 Å². The molecule has 0 aromatic carbocycles. The fraction of sp³-hybridized carbons (Fsp3) is 0.800. The molecule has 3 N–H and O–H groups in total.